The minimum Gasteiger partial charge on any atom is -0.497 e. The number of carbonyl (C=O) groups is 3. The minimum absolute atomic E-state index is 0.243. The molecule has 8 heteroatoms. The number of anilines is 2. The monoisotopic (exact) mass is 487 g/mol. The first-order valence-corrected chi connectivity index (χ1v) is 11.7. The molecule has 0 saturated carbocycles. The summed E-state index contributed by atoms with van der Waals surface area (Å²) in [5, 5.41) is 2.70. The Morgan fingerprint density at radius 2 is 1.61 bits per heavy atom. The number of amides is 3. The fourth-order valence-corrected chi connectivity index (χ4v) is 4.28. The van der Waals surface area contributed by atoms with E-state index in [2.05, 4.69) is 5.32 Å². The predicted octanol–water partition coefficient (Wildman–Crippen LogP) is 2.98. The minimum atomic E-state index is -0.936. The van der Waals surface area contributed by atoms with Crippen LogP contribution in [0.1, 0.15) is 11.1 Å². The second-order valence-electron chi connectivity index (χ2n) is 8.51. The van der Waals surface area contributed by atoms with Crippen LogP contribution in [-0.4, -0.2) is 51.6 Å². The summed E-state index contributed by atoms with van der Waals surface area (Å²) in [6, 6.07) is 20.9. The fraction of sp³-hybridized carbons (Fsp3) is 0.250. The molecule has 0 aliphatic carbocycles. The van der Waals surface area contributed by atoms with Crippen molar-refractivity contribution in [3.05, 3.63) is 83.9 Å². The third kappa shape index (κ3) is 5.33. The van der Waals surface area contributed by atoms with Crippen LogP contribution in [0.3, 0.4) is 0 Å². The lowest BCUT2D eigenvalue weighted by atomic mass is 10.0. The summed E-state index contributed by atoms with van der Waals surface area (Å²) in [6.45, 7) is 0.387. The highest BCUT2D eigenvalue weighted by Crippen LogP contribution is 2.31. The molecule has 4 rings (SSSR count). The van der Waals surface area contributed by atoms with Gasteiger partial charge in [0.1, 0.15) is 17.5 Å². The smallest absolute Gasteiger partial charge is 0.316 e. The number of rotatable bonds is 7. The molecule has 1 atom stereocenters. The van der Waals surface area contributed by atoms with E-state index in [9.17, 15) is 14.4 Å². The average Bonchev–Trinajstić information content (AvgIpc) is 3.35. The van der Waals surface area contributed by atoms with Gasteiger partial charge in [0.2, 0.25) is 5.91 Å². The normalized spacial score (nSPS) is 12.9. The molecule has 0 bridgehead atoms. The molecule has 1 heterocycles. The summed E-state index contributed by atoms with van der Waals surface area (Å²) in [5.74, 6) is -0.491. The van der Waals surface area contributed by atoms with E-state index in [0.29, 0.717) is 35.8 Å². The third-order valence-electron chi connectivity index (χ3n) is 6.30. The molecule has 1 N–H and O–H groups in total. The van der Waals surface area contributed by atoms with Crippen LogP contribution in [-0.2, 0) is 27.2 Å². The summed E-state index contributed by atoms with van der Waals surface area (Å²) in [6.07, 6.45) is 0.866. The van der Waals surface area contributed by atoms with Crippen LogP contribution in [0.5, 0.6) is 11.5 Å². The maximum Gasteiger partial charge on any atom is 0.316 e. The number of benzene rings is 3. The zero-order valence-electron chi connectivity index (χ0n) is 20.6. The van der Waals surface area contributed by atoms with Crippen LogP contribution in [0, 0.1) is 0 Å². The van der Waals surface area contributed by atoms with Gasteiger partial charge in [0.05, 0.1) is 14.2 Å². The van der Waals surface area contributed by atoms with E-state index < -0.39 is 17.9 Å². The molecular weight excluding hydrogens is 458 g/mol. The number of hydrogen-bond acceptors (Lipinski definition) is 5. The van der Waals surface area contributed by atoms with Crippen LogP contribution in [0.2, 0.25) is 0 Å². The fourth-order valence-electron chi connectivity index (χ4n) is 4.28. The van der Waals surface area contributed by atoms with Crippen molar-refractivity contribution in [1.82, 2.24) is 5.32 Å². The van der Waals surface area contributed by atoms with E-state index in [1.165, 1.54) is 9.80 Å². The number of nitrogens with zero attached hydrogens (tertiary/aromatic N) is 2. The Balaban J connectivity index is 1.53. The molecule has 0 aromatic heterocycles. The average molecular weight is 488 g/mol. The van der Waals surface area contributed by atoms with Gasteiger partial charge in [-0.3, -0.25) is 14.4 Å². The SMILES string of the molecule is COc1ccc(N(C)C(=O)[C@H](Cc2ccccc2)NC(=O)C(=O)N2CCc3cc(OC)ccc32)cc1. The lowest BCUT2D eigenvalue weighted by Crippen LogP contribution is -2.53. The highest BCUT2D eigenvalue weighted by molar-refractivity contribution is 6.41. The Morgan fingerprint density at radius 3 is 2.28 bits per heavy atom. The number of likely N-dealkylation sites (N-methyl/N-ethyl adjacent to an activating group) is 1. The summed E-state index contributed by atoms with van der Waals surface area (Å²) in [7, 11) is 4.79. The Labute approximate surface area is 210 Å². The topological polar surface area (TPSA) is 88.2 Å². The maximum atomic E-state index is 13.5. The van der Waals surface area contributed by atoms with E-state index in [4.69, 9.17) is 9.47 Å². The van der Waals surface area contributed by atoms with E-state index >= 15 is 0 Å². The van der Waals surface area contributed by atoms with Crippen LogP contribution in [0.25, 0.3) is 0 Å². The Kier molecular flexibility index (Phi) is 7.53. The first kappa shape index (κ1) is 24.8. The van der Waals surface area contributed by atoms with Crippen LogP contribution in [0.15, 0.2) is 72.8 Å². The zero-order chi connectivity index (χ0) is 25.7. The number of carbonyl (C=O) groups excluding carboxylic acids is 3. The maximum absolute atomic E-state index is 13.5. The van der Waals surface area contributed by atoms with Crippen molar-refractivity contribution >= 4 is 29.1 Å². The highest BCUT2D eigenvalue weighted by Gasteiger charge is 2.33. The Bertz CT molecular complexity index is 1240. The van der Waals surface area contributed by atoms with E-state index in [1.54, 1.807) is 57.7 Å². The van der Waals surface area contributed by atoms with Crippen LogP contribution >= 0.6 is 0 Å². The van der Waals surface area contributed by atoms with Gasteiger partial charge in [-0.05, 0) is 60.0 Å². The third-order valence-corrected chi connectivity index (χ3v) is 6.30. The first-order valence-electron chi connectivity index (χ1n) is 11.7. The molecule has 3 aromatic rings. The summed E-state index contributed by atoms with van der Waals surface area (Å²) in [4.78, 5) is 42.6. The molecule has 0 spiro atoms. The lowest BCUT2D eigenvalue weighted by molar-refractivity contribution is -0.139. The standard InChI is InChI=1S/C28H29N3O5/c1-30(21-9-11-22(35-2)12-10-21)27(33)24(17-19-7-5-4-6-8-19)29-26(32)28(34)31-16-15-20-18-23(36-3)13-14-25(20)31/h4-14,18,24H,15-17H2,1-3H3,(H,29,32)/t24-/m0/s1. The van der Waals surface area contributed by atoms with Crippen molar-refractivity contribution in [3.63, 3.8) is 0 Å². The number of fused-ring (bicyclic) bond motifs is 1. The van der Waals surface area contributed by atoms with Crippen LogP contribution < -0.4 is 24.6 Å². The molecule has 1 aliphatic rings. The van der Waals surface area contributed by atoms with Gasteiger partial charge in [-0.25, -0.2) is 0 Å². The van der Waals surface area contributed by atoms with Gasteiger partial charge in [-0.15, -0.1) is 0 Å². The van der Waals surface area contributed by atoms with E-state index in [1.807, 2.05) is 36.4 Å². The van der Waals surface area contributed by atoms with E-state index in [0.717, 1.165) is 11.1 Å². The molecule has 3 amide bonds. The molecule has 1 aliphatic heterocycles. The van der Waals surface area contributed by atoms with Crippen molar-refractivity contribution in [2.75, 3.05) is 37.6 Å². The van der Waals surface area contributed by atoms with Gasteiger partial charge in [0.15, 0.2) is 0 Å². The molecule has 0 saturated heterocycles. The van der Waals surface area contributed by atoms with Crippen molar-refractivity contribution in [3.8, 4) is 11.5 Å². The first-order chi connectivity index (χ1) is 17.4. The lowest BCUT2D eigenvalue weighted by Gasteiger charge is -2.26. The van der Waals surface area contributed by atoms with Gasteiger partial charge < -0.3 is 24.6 Å². The van der Waals surface area contributed by atoms with Crippen molar-refractivity contribution in [1.29, 1.82) is 0 Å². The predicted molar refractivity (Wildman–Crippen MR) is 138 cm³/mol. The van der Waals surface area contributed by atoms with Gasteiger partial charge in [0.25, 0.3) is 0 Å². The Hall–Kier alpha value is -4.33. The molecule has 3 aromatic carbocycles. The molecule has 0 fully saturated rings. The molecule has 186 valence electrons. The second-order valence-corrected chi connectivity index (χ2v) is 8.51. The summed E-state index contributed by atoms with van der Waals surface area (Å²) in [5.41, 5.74) is 3.12. The molecular formula is C28H29N3O5. The zero-order valence-corrected chi connectivity index (χ0v) is 20.6. The van der Waals surface area contributed by atoms with Crippen molar-refractivity contribution < 1.29 is 23.9 Å². The van der Waals surface area contributed by atoms with Gasteiger partial charge in [-0.2, -0.15) is 0 Å². The van der Waals surface area contributed by atoms with E-state index in [-0.39, 0.29) is 12.3 Å². The quantitative estimate of drug-likeness (QED) is 0.518. The van der Waals surface area contributed by atoms with Crippen LogP contribution in [0.4, 0.5) is 11.4 Å². The molecule has 36 heavy (non-hydrogen) atoms. The molecule has 8 nitrogen and oxygen atoms in total. The van der Waals surface area contributed by atoms with Gasteiger partial charge in [-0.1, -0.05) is 30.3 Å². The largest absolute Gasteiger partial charge is 0.497 e. The van der Waals surface area contributed by atoms with Crippen molar-refractivity contribution in [2.45, 2.75) is 18.9 Å². The van der Waals surface area contributed by atoms with Gasteiger partial charge in [0, 0.05) is 31.4 Å². The molecule has 0 unspecified atom stereocenters. The Morgan fingerprint density at radius 1 is 0.944 bits per heavy atom. The summed E-state index contributed by atoms with van der Waals surface area (Å²) < 4.78 is 10.5. The van der Waals surface area contributed by atoms with Gasteiger partial charge >= 0.3 is 11.8 Å². The number of methoxy groups -OCH3 is 2. The number of ether oxygens (including phenoxy) is 2. The van der Waals surface area contributed by atoms with Crippen molar-refractivity contribution in [2.24, 2.45) is 0 Å². The number of nitrogens with one attached hydrogen (secondary N) is 1. The second kappa shape index (κ2) is 10.9. The molecule has 0 radical (unpaired) electrons. The highest BCUT2D eigenvalue weighted by atomic mass is 16.5. The summed E-state index contributed by atoms with van der Waals surface area (Å²) >= 11 is 0. The number of hydrogen-bond donors (Lipinski definition) is 1.